The highest BCUT2D eigenvalue weighted by Crippen LogP contribution is 2.30. The Kier molecular flexibility index (Phi) is 8.04. The van der Waals surface area contributed by atoms with Crippen LogP contribution in [0.25, 0.3) is 0 Å². The second-order valence-corrected chi connectivity index (χ2v) is 5.65. The Morgan fingerprint density at radius 1 is 1.29 bits per heavy atom. The van der Waals surface area contributed by atoms with E-state index in [1.54, 1.807) is 0 Å². The number of hydrogen-bond acceptors (Lipinski definition) is 4. The SMILES string of the molecule is CSCCCCCCNc1ccc([N+](=O)[O-])cc1C(F)F. The van der Waals surface area contributed by atoms with Crippen LogP contribution in [0.1, 0.15) is 37.7 Å². The molecule has 0 aliphatic rings. The van der Waals surface area contributed by atoms with Crippen LogP contribution >= 0.6 is 11.8 Å². The highest BCUT2D eigenvalue weighted by atomic mass is 32.2. The van der Waals surface area contributed by atoms with Crippen molar-refractivity contribution >= 4 is 23.1 Å². The van der Waals surface area contributed by atoms with Crippen molar-refractivity contribution in [1.29, 1.82) is 0 Å². The highest BCUT2D eigenvalue weighted by Gasteiger charge is 2.17. The molecule has 0 radical (unpaired) electrons. The standard InChI is InChI=1S/C14H20F2N2O2S/c1-21-9-5-3-2-4-8-17-13-7-6-11(18(19)20)10-12(13)14(15)16/h6-7,10,14,17H,2-5,8-9H2,1H3. The Balaban J connectivity index is 2.49. The number of anilines is 1. The third kappa shape index (κ3) is 6.29. The van der Waals surface area contributed by atoms with Crippen molar-refractivity contribution in [2.45, 2.75) is 32.1 Å². The lowest BCUT2D eigenvalue weighted by Gasteiger charge is -2.11. The molecule has 1 aromatic carbocycles. The second-order valence-electron chi connectivity index (χ2n) is 4.66. The number of rotatable bonds is 10. The van der Waals surface area contributed by atoms with Crippen LogP contribution in [0, 0.1) is 10.1 Å². The molecule has 0 unspecified atom stereocenters. The van der Waals surface area contributed by atoms with Crippen LogP contribution in [-0.4, -0.2) is 23.5 Å². The minimum absolute atomic E-state index is 0.278. The summed E-state index contributed by atoms with van der Waals surface area (Å²) in [6, 6.07) is 3.53. The Morgan fingerprint density at radius 3 is 2.62 bits per heavy atom. The molecule has 0 spiro atoms. The van der Waals surface area contributed by atoms with Crippen LogP contribution in [0.2, 0.25) is 0 Å². The zero-order chi connectivity index (χ0) is 15.7. The number of benzene rings is 1. The number of nitrogens with one attached hydrogen (secondary N) is 1. The Hall–Kier alpha value is -1.37. The lowest BCUT2D eigenvalue weighted by atomic mass is 10.1. The number of halogens is 2. The van der Waals surface area contributed by atoms with Crippen molar-refractivity contribution in [3.8, 4) is 0 Å². The maximum atomic E-state index is 12.9. The van der Waals surface area contributed by atoms with E-state index in [1.807, 2.05) is 11.8 Å². The molecule has 0 aliphatic heterocycles. The fourth-order valence-electron chi connectivity index (χ4n) is 1.95. The number of thioether (sulfide) groups is 1. The number of hydrogen-bond donors (Lipinski definition) is 1. The summed E-state index contributed by atoms with van der Waals surface area (Å²) in [6.45, 7) is 0.594. The summed E-state index contributed by atoms with van der Waals surface area (Å²) >= 11 is 1.82. The molecule has 118 valence electrons. The molecule has 1 aromatic rings. The molecule has 1 rings (SSSR count). The van der Waals surface area contributed by atoms with Gasteiger partial charge in [-0.1, -0.05) is 12.8 Å². The van der Waals surface area contributed by atoms with Gasteiger partial charge in [-0.15, -0.1) is 0 Å². The van der Waals surface area contributed by atoms with E-state index in [0.717, 1.165) is 31.1 Å². The largest absolute Gasteiger partial charge is 0.385 e. The molecular weight excluding hydrogens is 298 g/mol. The van der Waals surface area contributed by atoms with Crippen LogP contribution in [-0.2, 0) is 0 Å². The number of nitrogens with zero attached hydrogens (tertiary/aromatic N) is 1. The Morgan fingerprint density at radius 2 is 2.00 bits per heavy atom. The van der Waals surface area contributed by atoms with Crippen molar-refractivity contribution < 1.29 is 13.7 Å². The maximum Gasteiger partial charge on any atom is 0.270 e. The fourth-order valence-corrected chi connectivity index (χ4v) is 2.45. The molecule has 0 saturated carbocycles. The van der Waals surface area contributed by atoms with Crippen molar-refractivity contribution in [2.75, 3.05) is 23.9 Å². The molecule has 0 atom stereocenters. The number of nitro groups is 1. The first-order valence-corrected chi connectivity index (χ1v) is 8.25. The monoisotopic (exact) mass is 318 g/mol. The summed E-state index contributed by atoms with van der Waals surface area (Å²) in [6.07, 6.45) is 3.58. The van der Waals surface area contributed by atoms with Gasteiger partial charge in [-0.05, 0) is 30.9 Å². The lowest BCUT2D eigenvalue weighted by molar-refractivity contribution is -0.385. The molecular formula is C14H20F2N2O2S. The van der Waals surface area contributed by atoms with E-state index >= 15 is 0 Å². The van der Waals surface area contributed by atoms with Gasteiger partial charge in [0.15, 0.2) is 0 Å². The van der Waals surface area contributed by atoms with Crippen LogP contribution < -0.4 is 5.32 Å². The van der Waals surface area contributed by atoms with E-state index in [0.29, 0.717) is 6.54 Å². The predicted octanol–water partition coefficient (Wildman–Crippen LogP) is 4.87. The first kappa shape index (κ1) is 17.7. The third-order valence-corrected chi connectivity index (χ3v) is 3.77. The first-order chi connectivity index (χ1) is 10.1. The van der Waals surface area contributed by atoms with E-state index in [2.05, 4.69) is 11.6 Å². The molecule has 21 heavy (non-hydrogen) atoms. The molecule has 0 saturated heterocycles. The minimum atomic E-state index is -2.73. The molecule has 1 N–H and O–H groups in total. The second kappa shape index (κ2) is 9.55. The minimum Gasteiger partial charge on any atom is -0.385 e. The first-order valence-electron chi connectivity index (χ1n) is 6.85. The molecule has 0 fully saturated rings. The van der Waals surface area contributed by atoms with Gasteiger partial charge < -0.3 is 5.32 Å². The van der Waals surface area contributed by atoms with E-state index in [4.69, 9.17) is 0 Å². The van der Waals surface area contributed by atoms with Gasteiger partial charge in [-0.2, -0.15) is 11.8 Å². The number of unbranched alkanes of at least 4 members (excludes halogenated alkanes) is 3. The Bertz CT molecular complexity index is 459. The van der Waals surface area contributed by atoms with E-state index in [9.17, 15) is 18.9 Å². The van der Waals surface area contributed by atoms with Gasteiger partial charge in [0, 0.05) is 29.9 Å². The predicted molar refractivity (Wildman–Crippen MR) is 83.4 cm³/mol. The number of nitro benzene ring substituents is 1. The van der Waals surface area contributed by atoms with Gasteiger partial charge in [0.25, 0.3) is 12.1 Å². The highest BCUT2D eigenvalue weighted by molar-refractivity contribution is 7.98. The topological polar surface area (TPSA) is 55.2 Å². The molecule has 7 heteroatoms. The summed E-state index contributed by atoms with van der Waals surface area (Å²) in [5, 5.41) is 13.6. The normalized spacial score (nSPS) is 10.9. The molecule has 0 aromatic heterocycles. The summed E-state index contributed by atoms with van der Waals surface area (Å²) in [7, 11) is 0. The summed E-state index contributed by atoms with van der Waals surface area (Å²) in [5.41, 5.74) is -0.348. The van der Waals surface area contributed by atoms with Crippen LogP contribution in [0.15, 0.2) is 18.2 Å². The van der Waals surface area contributed by atoms with Crippen molar-refractivity contribution in [3.63, 3.8) is 0 Å². The zero-order valence-electron chi connectivity index (χ0n) is 12.0. The summed E-state index contributed by atoms with van der Waals surface area (Å²) in [5.74, 6) is 1.14. The van der Waals surface area contributed by atoms with Gasteiger partial charge in [0.05, 0.1) is 4.92 Å². The van der Waals surface area contributed by atoms with Crippen LogP contribution in [0.4, 0.5) is 20.2 Å². The average Bonchev–Trinajstić information content (AvgIpc) is 2.46. The van der Waals surface area contributed by atoms with E-state index in [1.165, 1.54) is 18.6 Å². The summed E-state index contributed by atoms with van der Waals surface area (Å²) in [4.78, 5) is 9.95. The number of alkyl halides is 2. The molecule has 0 heterocycles. The molecule has 4 nitrogen and oxygen atoms in total. The molecule has 0 amide bonds. The van der Waals surface area contributed by atoms with Crippen LogP contribution in [0.5, 0.6) is 0 Å². The average molecular weight is 318 g/mol. The van der Waals surface area contributed by atoms with Gasteiger partial charge in [0.1, 0.15) is 0 Å². The molecule has 0 aliphatic carbocycles. The Labute approximate surface area is 127 Å². The van der Waals surface area contributed by atoms with Gasteiger partial charge >= 0.3 is 0 Å². The molecule has 0 bridgehead atoms. The fraction of sp³-hybridized carbons (Fsp3) is 0.571. The number of non-ortho nitro benzene ring substituents is 1. The van der Waals surface area contributed by atoms with Gasteiger partial charge in [-0.3, -0.25) is 10.1 Å². The summed E-state index contributed by atoms with van der Waals surface area (Å²) < 4.78 is 25.8. The maximum absolute atomic E-state index is 12.9. The third-order valence-electron chi connectivity index (χ3n) is 3.07. The quantitative estimate of drug-likeness (QED) is 0.380. The van der Waals surface area contributed by atoms with Crippen molar-refractivity contribution in [3.05, 3.63) is 33.9 Å². The van der Waals surface area contributed by atoms with E-state index < -0.39 is 11.3 Å². The van der Waals surface area contributed by atoms with Gasteiger partial charge in [0.2, 0.25) is 0 Å². The van der Waals surface area contributed by atoms with Crippen LogP contribution in [0.3, 0.4) is 0 Å². The smallest absolute Gasteiger partial charge is 0.270 e. The van der Waals surface area contributed by atoms with Gasteiger partial charge in [-0.25, -0.2) is 8.78 Å². The van der Waals surface area contributed by atoms with Crippen molar-refractivity contribution in [2.24, 2.45) is 0 Å². The zero-order valence-corrected chi connectivity index (χ0v) is 12.8. The van der Waals surface area contributed by atoms with Crippen molar-refractivity contribution in [1.82, 2.24) is 0 Å². The van der Waals surface area contributed by atoms with E-state index in [-0.39, 0.29) is 16.9 Å². The lowest BCUT2D eigenvalue weighted by Crippen LogP contribution is -2.05.